The van der Waals surface area contributed by atoms with Crippen molar-refractivity contribution < 1.29 is 5.11 Å². The summed E-state index contributed by atoms with van der Waals surface area (Å²) in [6.07, 6.45) is 5.08. The summed E-state index contributed by atoms with van der Waals surface area (Å²) in [5.74, 6) is 0. The molecule has 1 N–H and O–H groups in total. The van der Waals surface area contributed by atoms with Crippen LogP contribution in [-0.2, 0) is 6.54 Å². The topological polar surface area (TPSA) is 55.9 Å². The van der Waals surface area contributed by atoms with Crippen LogP contribution in [0.2, 0.25) is 5.02 Å². The summed E-state index contributed by atoms with van der Waals surface area (Å²) in [5.41, 5.74) is 1.36. The van der Waals surface area contributed by atoms with Gasteiger partial charge in [-0.15, -0.1) is 0 Å². The standard InChI is InChI=1S/C13H19ClN4O/c1-4-5-18-12(10(14)6-16-18)13(19)11-7-15-8-17(11)9(2)3/h6-9,13,19H,4-5H2,1-3H3. The monoisotopic (exact) mass is 282 g/mol. The highest BCUT2D eigenvalue weighted by atomic mass is 35.5. The number of rotatable bonds is 5. The Balaban J connectivity index is 2.41. The molecule has 0 spiro atoms. The van der Waals surface area contributed by atoms with Gasteiger partial charge in [0.1, 0.15) is 6.10 Å². The van der Waals surface area contributed by atoms with Gasteiger partial charge in [0.2, 0.25) is 0 Å². The van der Waals surface area contributed by atoms with Gasteiger partial charge in [0.15, 0.2) is 0 Å². The van der Waals surface area contributed by atoms with E-state index in [0.717, 1.165) is 18.7 Å². The molecule has 0 aliphatic carbocycles. The molecule has 0 fully saturated rings. The Morgan fingerprint density at radius 2 is 2.11 bits per heavy atom. The van der Waals surface area contributed by atoms with Crippen LogP contribution in [0, 0.1) is 0 Å². The molecule has 5 nitrogen and oxygen atoms in total. The Hall–Kier alpha value is -1.33. The van der Waals surface area contributed by atoms with Gasteiger partial charge in [0, 0.05) is 12.6 Å². The van der Waals surface area contributed by atoms with Crippen LogP contribution in [-0.4, -0.2) is 24.4 Å². The zero-order valence-electron chi connectivity index (χ0n) is 11.4. The van der Waals surface area contributed by atoms with Crippen LogP contribution in [0.25, 0.3) is 0 Å². The number of halogens is 1. The lowest BCUT2D eigenvalue weighted by molar-refractivity contribution is 0.195. The van der Waals surface area contributed by atoms with Crippen molar-refractivity contribution in [2.24, 2.45) is 0 Å². The Kier molecular flexibility index (Phi) is 4.27. The Morgan fingerprint density at radius 1 is 1.37 bits per heavy atom. The Morgan fingerprint density at radius 3 is 2.74 bits per heavy atom. The molecule has 0 aromatic carbocycles. The lowest BCUT2D eigenvalue weighted by Gasteiger charge is -2.18. The van der Waals surface area contributed by atoms with Crippen LogP contribution in [0.3, 0.4) is 0 Å². The molecular weight excluding hydrogens is 264 g/mol. The Bertz CT molecular complexity index is 547. The molecule has 1 atom stereocenters. The van der Waals surface area contributed by atoms with E-state index in [-0.39, 0.29) is 6.04 Å². The van der Waals surface area contributed by atoms with Gasteiger partial charge >= 0.3 is 0 Å². The number of hydrogen-bond acceptors (Lipinski definition) is 3. The van der Waals surface area contributed by atoms with Gasteiger partial charge in [-0.1, -0.05) is 18.5 Å². The quantitative estimate of drug-likeness (QED) is 0.917. The second kappa shape index (κ2) is 5.75. The fourth-order valence-electron chi connectivity index (χ4n) is 2.13. The number of aromatic nitrogens is 4. The maximum atomic E-state index is 10.6. The molecule has 6 heteroatoms. The molecule has 0 aliphatic rings. The van der Waals surface area contributed by atoms with E-state index >= 15 is 0 Å². The van der Waals surface area contributed by atoms with Crippen molar-refractivity contribution in [2.75, 3.05) is 0 Å². The van der Waals surface area contributed by atoms with Crippen molar-refractivity contribution in [1.29, 1.82) is 0 Å². The summed E-state index contributed by atoms with van der Waals surface area (Å²) in [6.45, 7) is 6.88. The zero-order valence-corrected chi connectivity index (χ0v) is 12.2. The first-order valence-corrected chi connectivity index (χ1v) is 6.85. The van der Waals surface area contributed by atoms with E-state index in [1.807, 2.05) is 18.4 Å². The lowest BCUT2D eigenvalue weighted by Crippen LogP contribution is -2.15. The van der Waals surface area contributed by atoms with Crippen LogP contribution in [0.5, 0.6) is 0 Å². The molecule has 2 aromatic rings. The smallest absolute Gasteiger partial charge is 0.139 e. The molecule has 2 heterocycles. The average molecular weight is 283 g/mol. The molecule has 0 saturated heterocycles. The highest BCUT2D eigenvalue weighted by Gasteiger charge is 2.23. The maximum Gasteiger partial charge on any atom is 0.139 e. The number of nitrogens with zero attached hydrogens (tertiary/aromatic N) is 4. The van der Waals surface area contributed by atoms with Crippen LogP contribution in [0.15, 0.2) is 18.7 Å². The van der Waals surface area contributed by atoms with Crippen molar-refractivity contribution in [3.8, 4) is 0 Å². The van der Waals surface area contributed by atoms with Crippen LogP contribution < -0.4 is 0 Å². The average Bonchev–Trinajstić information content (AvgIpc) is 2.96. The van der Waals surface area contributed by atoms with Crippen LogP contribution in [0.4, 0.5) is 0 Å². The molecule has 0 radical (unpaired) electrons. The van der Waals surface area contributed by atoms with E-state index in [0.29, 0.717) is 10.7 Å². The van der Waals surface area contributed by atoms with Gasteiger partial charge in [-0.05, 0) is 20.3 Å². The summed E-state index contributed by atoms with van der Waals surface area (Å²) >= 11 is 6.15. The van der Waals surface area contributed by atoms with Gasteiger partial charge in [0.25, 0.3) is 0 Å². The summed E-state index contributed by atoms with van der Waals surface area (Å²) in [5, 5.41) is 15.3. The van der Waals surface area contributed by atoms with Gasteiger partial charge in [-0.3, -0.25) is 4.68 Å². The molecular formula is C13H19ClN4O. The van der Waals surface area contributed by atoms with Crippen molar-refractivity contribution >= 4 is 11.6 Å². The highest BCUT2D eigenvalue weighted by Crippen LogP contribution is 2.29. The number of aliphatic hydroxyl groups is 1. The summed E-state index contributed by atoms with van der Waals surface area (Å²) in [4.78, 5) is 4.11. The van der Waals surface area contributed by atoms with Crippen molar-refractivity contribution in [3.05, 3.63) is 35.1 Å². The van der Waals surface area contributed by atoms with Crippen molar-refractivity contribution in [1.82, 2.24) is 19.3 Å². The SMILES string of the molecule is CCCn1ncc(Cl)c1C(O)c1cncn1C(C)C. The van der Waals surface area contributed by atoms with Gasteiger partial charge in [0.05, 0.1) is 35.1 Å². The van der Waals surface area contributed by atoms with Crippen LogP contribution >= 0.6 is 11.6 Å². The minimum absolute atomic E-state index is 0.230. The molecule has 2 rings (SSSR count). The van der Waals surface area contributed by atoms with E-state index in [1.165, 1.54) is 0 Å². The number of aliphatic hydroxyl groups excluding tert-OH is 1. The largest absolute Gasteiger partial charge is 0.380 e. The third-order valence-electron chi connectivity index (χ3n) is 3.06. The first-order chi connectivity index (χ1) is 9.06. The van der Waals surface area contributed by atoms with Gasteiger partial charge < -0.3 is 9.67 Å². The Labute approximate surface area is 117 Å². The zero-order chi connectivity index (χ0) is 14.0. The second-order valence-electron chi connectivity index (χ2n) is 4.82. The molecule has 0 bridgehead atoms. The molecule has 104 valence electrons. The van der Waals surface area contributed by atoms with E-state index in [4.69, 9.17) is 11.6 Å². The second-order valence-corrected chi connectivity index (χ2v) is 5.23. The summed E-state index contributed by atoms with van der Waals surface area (Å²) < 4.78 is 3.69. The number of imidazole rings is 1. The third-order valence-corrected chi connectivity index (χ3v) is 3.35. The fraction of sp³-hybridized carbons (Fsp3) is 0.538. The van der Waals surface area contributed by atoms with Crippen molar-refractivity contribution in [2.45, 2.75) is 45.9 Å². The minimum Gasteiger partial charge on any atom is -0.380 e. The molecule has 19 heavy (non-hydrogen) atoms. The van der Waals surface area contributed by atoms with Crippen molar-refractivity contribution in [3.63, 3.8) is 0 Å². The molecule has 0 aliphatic heterocycles. The van der Waals surface area contributed by atoms with E-state index in [1.54, 1.807) is 23.4 Å². The number of hydrogen-bond donors (Lipinski definition) is 1. The predicted molar refractivity (Wildman–Crippen MR) is 74.2 cm³/mol. The molecule has 2 aromatic heterocycles. The highest BCUT2D eigenvalue weighted by molar-refractivity contribution is 6.31. The maximum absolute atomic E-state index is 10.6. The van der Waals surface area contributed by atoms with Crippen LogP contribution in [0.1, 0.15) is 50.7 Å². The molecule has 0 amide bonds. The minimum atomic E-state index is -0.813. The molecule has 0 saturated carbocycles. The normalized spacial score (nSPS) is 13.2. The van der Waals surface area contributed by atoms with E-state index < -0.39 is 6.10 Å². The van der Waals surface area contributed by atoms with E-state index in [9.17, 15) is 5.11 Å². The number of aryl methyl sites for hydroxylation is 1. The third kappa shape index (κ3) is 2.67. The fourth-order valence-corrected chi connectivity index (χ4v) is 2.38. The van der Waals surface area contributed by atoms with E-state index in [2.05, 4.69) is 17.0 Å². The first-order valence-electron chi connectivity index (χ1n) is 6.47. The van der Waals surface area contributed by atoms with Gasteiger partial charge in [-0.2, -0.15) is 5.10 Å². The molecule has 1 unspecified atom stereocenters. The van der Waals surface area contributed by atoms with Gasteiger partial charge in [-0.25, -0.2) is 4.98 Å². The summed E-state index contributed by atoms with van der Waals surface area (Å²) in [6, 6.07) is 0.230. The predicted octanol–water partition coefficient (Wildman–Crippen LogP) is 2.81. The first kappa shape index (κ1) is 14.1. The summed E-state index contributed by atoms with van der Waals surface area (Å²) in [7, 11) is 0. The lowest BCUT2D eigenvalue weighted by atomic mass is 10.2.